The van der Waals surface area contributed by atoms with Crippen molar-refractivity contribution in [3.8, 4) is 0 Å². The highest BCUT2D eigenvalue weighted by Crippen LogP contribution is 2.27. The van der Waals surface area contributed by atoms with Gasteiger partial charge in [0.2, 0.25) is 11.8 Å². The molecule has 0 aromatic carbocycles. The number of likely N-dealkylation sites (tertiary alicyclic amines) is 1. The molecule has 6 nitrogen and oxygen atoms in total. The van der Waals surface area contributed by atoms with E-state index in [9.17, 15) is 9.59 Å². The van der Waals surface area contributed by atoms with Crippen LogP contribution in [0, 0.1) is 5.92 Å². The smallest absolute Gasteiger partial charge is 0.237 e. The van der Waals surface area contributed by atoms with Crippen LogP contribution in [0.2, 0.25) is 0 Å². The summed E-state index contributed by atoms with van der Waals surface area (Å²) in [5, 5.41) is 2.93. The Hall–Kier alpha value is -1.82. The van der Waals surface area contributed by atoms with Crippen LogP contribution >= 0.6 is 0 Å². The summed E-state index contributed by atoms with van der Waals surface area (Å²) in [6.07, 6.45) is 7.95. The molecule has 1 aliphatic heterocycles. The standard InChI is InChI=1S/C20H31N3O3/c1-15-7-9-16(10-8-15)22(2)19(24)14-23-11-3-6-18(23)20(25)21-13-17-5-4-12-26-17/h4-5,12,15-16,18H,3,6-11,13-14H2,1-2H3,(H,21,25). The molecule has 26 heavy (non-hydrogen) atoms. The predicted octanol–water partition coefficient (Wildman–Crippen LogP) is 2.40. The quantitative estimate of drug-likeness (QED) is 0.845. The molecule has 1 saturated heterocycles. The fourth-order valence-electron chi connectivity index (χ4n) is 4.14. The van der Waals surface area contributed by atoms with Crippen molar-refractivity contribution in [3.63, 3.8) is 0 Å². The van der Waals surface area contributed by atoms with Gasteiger partial charge in [-0.05, 0) is 63.1 Å². The molecule has 1 saturated carbocycles. The van der Waals surface area contributed by atoms with E-state index < -0.39 is 0 Å². The Morgan fingerprint density at radius 3 is 2.73 bits per heavy atom. The lowest BCUT2D eigenvalue weighted by Gasteiger charge is -2.35. The number of likely N-dealkylation sites (N-methyl/N-ethyl adjacent to an activating group) is 1. The number of nitrogens with one attached hydrogen (secondary N) is 1. The number of furan rings is 1. The van der Waals surface area contributed by atoms with Crippen molar-refractivity contribution >= 4 is 11.8 Å². The molecule has 6 heteroatoms. The minimum Gasteiger partial charge on any atom is -0.467 e. The molecule has 2 heterocycles. The molecule has 2 amide bonds. The summed E-state index contributed by atoms with van der Waals surface area (Å²) in [6.45, 7) is 3.82. The number of hydrogen-bond acceptors (Lipinski definition) is 4. The topological polar surface area (TPSA) is 65.8 Å². The molecule has 1 aromatic heterocycles. The lowest BCUT2D eigenvalue weighted by atomic mass is 9.87. The maximum atomic E-state index is 12.7. The molecule has 0 radical (unpaired) electrons. The van der Waals surface area contributed by atoms with E-state index in [1.807, 2.05) is 29.0 Å². The zero-order valence-electron chi connectivity index (χ0n) is 15.9. The zero-order valence-corrected chi connectivity index (χ0v) is 15.9. The van der Waals surface area contributed by atoms with Crippen LogP contribution in [0.1, 0.15) is 51.2 Å². The lowest BCUT2D eigenvalue weighted by molar-refractivity contribution is -0.135. The summed E-state index contributed by atoms with van der Waals surface area (Å²) in [6, 6.07) is 3.79. The average Bonchev–Trinajstić information content (AvgIpc) is 3.31. The lowest BCUT2D eigenvalue weighted by Crippen LogP contribution is -2.49. The highest BCUT2D eigenvalue weighted by Gasteiger charge is 2.33. The van der Waals surface area contributed by atoms with Gasteiger partial charge in [-0.1, -0.05) is 6.92 Å². The molecule has 144 valence electrons. The Labute approximate surface area is 155 Å². The van der Waals surface area contributed by atoms with Crippen molar-refractivity contribution in [2.45, 2.75) is 64.1 Å². The molecular formula is C20H31N3O3. The van der Waals surface area contributed by atoms with E-state index >= 15 is 0 Å². The Bertz CT molecular complexity index is 593. The number of carbonyl (C=O) groups excluding carboxylic acids is 2. The Morgan fingerprint density at radius 1 is 1.27 bits per heavy atom. The first-order chi connectivity index (χ1) is 12.5. The largest absolute Gasteiger partial charge is 0.467 e. The zero-order chi connectivity index (χ0) is 18.5. The second-order valence-electron chi connectivity index (χ2n) is 7.84. The fourth-order valence-corrected chi connectivity index (χ4v) is 4.14. The molecule has 1 N–H and O–H groups in total. The van der Waals surface area contributed by atoms with Crippen molar-refractivity contribution in [3.05, 3.63) is 24.2 Å². The third-order valence-corrected chi connectivity index (χ3v) is 5.95. The Kier molecular flexibility index (Phi) is 6.35. The molecule has 0 spiro atoms. The van der Waals surface area contributed by atoms with E-state index in [1.165, 1.54) is 12.8 Å². The third-order valence-electron chi connectivity index (χ3n) is 5.95. The van der Waals surface area contributed by atoms with Crippen LogP contribution in [0.5, 0.6) is 0 Å². The van der Waals surface area contributed by atoms with Crippen molar-refractivity contribution in [2.24, 2.45) is 5.92 Å². The SMILES string of the molecule is CC1CCC(N(C)C(=O)CN2CCCC2C(=O)NCc2ccco2)CC1. The van der Waals surface area contributed by atoms with Crippen LogP contribution in [-0.2, 0) is 16.1 Å². The van der Waals surface area contributed by atoms with Crippen molar-refractivity contribution in [1.82, 2.24) is 15.1 Å². The van der Waals surface area contributed by atoms with Crippen LogP contribution in [0.4, 0.5) is 0 Å². The van der Waals surface area contributed by atoms with Gasteiger partial charge >= 0.3 is 0 Å². The van der Waals surface area contributed by atoms with Crippen molar-refractivity contribution in [2.75, 3.05) is 20.1 Å². The van der Waals surface area contributed by atoms with Crippen LogP contribution in [-0.4, -0.2) is 53.8 Å². The second kappa shape index (κ2) is 8.71. The molecular weight excluding hydrogens is 330 g/mol. The van der Waals surface area contributed by atoms with Crippen LogP contribution in [0.3, 0.4) is 0 Å². The highest BCUT2D eigenvalue weighted by atomic mass is 16.3. The van der Waals surface area contributed by atoms with Crippen LogP contribution in [0.15, 0.2) is 22.8 Å². The van der Waals surface area contributed by atoms with Gasteiger partial charge in [0.25, 0.3) is 0 Å². The first kappa shape index (κ1) is 19.0. The van der Waals surface area contributed by atoms with E-state index in [1.54, 1.807) is 6.26 Å². The van der Waals surface area contributed by atoms with Crippen molar-refractivity contribution < 1.29 is 14.0 Å². The van der Waals surface area contributed by atoms with E-state index in [0.29, 0.717) is 19.1 Å². The molecule has 3 rings (SSSR count). The summed E-state index contributed by atoms with van der Waals surface area (Å²) in [5.74, 6) is 1.64. The molecule has 1 aromatic rings. The molecule has 2 aliphatic rings. The molecule has 1 aliphatic carbocycles. The maximum Gasteiger partial charge on any atom is 0.237 e. The summed E-state index contributed by atoms with van der Waals surface area (Å²) < 4.78 is 5.25. The Balaban J connectivity index is 1.49. The van der Waals surface area contributed by atoms with Gasteiger partial charge < -0.3 is 14.6 Å². The van der Waals surface area contributed by atoms with E-state index in [0.717, 1.165) is 43.9 Å². The van der Waals surface area contributed by atoms with Gasteiger partial charge in [-0.25, -0.2) is 0 Å². The summed E-state index contributed by atoms with van der Waals surface area (Å²) >= 11 is 0. The summed E-state index contributed by atoms with van der Waals surface area (Å²) in [5.41, 5.74) is 0. The summed E-state index contributed by atoms with van der Waals surface area (Å²) in [4.78, 5) is 29.2. The highest BCUT2D eigenvalue weighted by molar-refractivity contribution is 5.84. The normalized spacial score (nSPS) is 26.6. The van der Waals surface area contributed by atoms with Gasteiger partial charge in [-0.15, -0.1) is 0 Å². The predicted molar refractivity (Wildman–Crippen MR) is 99.3 cm³/mol. The van der Waals surface area contributed by atoms with Gasteiger partial charge in [0.1, 0.15) is 5.76 Å². The van der Waals surface area contributed by atoms with Gasteiger partial charge in [0.05, 0.1) is 25.4 Å². The number of carbonyl (C=O) groups is 2. The Morgan fingerprint density at radius 2 is 2.04 bits per heavy atom. The number of rotatable bonds is 6. The van der Waals surface area contributed by atoms with Crippen LogP contribution in [0.25, 0.3) is 0 Å². The van der Waals surface area contributed by atoms with Gasteiger partial charge in [0.15, 0.2) is 0 Å². The van der Waals surface area contributed by atoms with Crippen LogP contribution < -0.4 is 5.32 Å². The third kappa shape index (κ3) is 4.67. The molecule has 1 atom stereocenters. The minimum absolute atomic E-state index is 0.0131. The number of hydrogen-bond donors (Lipinski definition) is 1. The monoisotopic (exact) mass is 361 g/mol. The minimum atomic E-state index is -0.214. The van der Waals surface area contributed by atoms with Crippen molar-refractivity contribution in [1.29, 1.82) is 0 Å². The maximum absolute atomic E-state index is 12.7. The van der Waals surface area contributed by atoms with Gasteiger partial charge in [-0.3, -0.25) is 14.5 Å². The van der Waals surface area contributed by atoms with Gasteiger partial charge in [0, 0.05) is 13.1 Å². The van der Waals surface area contributed by atoms with Gasteiger partial charge in [-0.2, -0.15) is 0 Å². The van der Waals surface area contributed by atoms with E-state index in [2.05, 4.69) is 12.2 Å². The fraction of sp³-hybridized carbons (Fsp3) is 0.700. The average molecular weight is 361 g/mol. The molecule has 1 unspecified atom stereocenters. The first-order valence-electron chi connectivity index (χ1n) is 9.84. The summed E-state index contributed by atoms with van der Waals surface area (Å²) in [7, 11) is 1.92. The molecule has 0 bridgehead atoms. The second-order valence-corrected chi connectivity index (χ2v) is 7.84. The van der Waals surface area contributed by atoms with E-state index in [4.69, 9.17) is 4.42 Å². The van der Waals surface area contributed by atoms with E-state index in [-0.39, 0.29) is 17.9 Å². The molecule has 2 fully saturated rings. The number of nitrogens with zero attached hydrogens (tertiary/aromatic N) is 2. The first-order valence-corrected chi connectivity index (χ1v) is 9.84. The number of amides is 2.